The zero-order valence-corrected chi connectivity index (χ0v) is 22.7. The SMILES string of the molecule is COCC1(NCc2cc3c(c(C(F)(F)F)c2)CN(c2cccc(C4(Cc5nncn5C)CC(F)(F)C4)c2)C3=O)CC1. The highest BCUT2D eigenvalue weighted by molar-refractivity contribution is 6.10. The molecule has 1 N–H and O–H groups in total. The molecule has 3 aromatic rings. The van der Waals surface area contributed by atoms with Crippen LogP contribution in [0.15, 0.2) is 42.7 Å². The van der Waals surface area contributed by atoms with Crippen molar-refractivity contribution in [1.82, 2.24) is 20.1 Å². The van der Waals surface area contributed by atoms with E-state index in [1.807, 2.05) is 0 Å². The molecule has 218 valence electrons. The van der Waals surface area contributed by atoms with Crippen LogP contribution in [0, 0.1) is 0 Å². The van der Waals surface area contributed by atoms with Crippen molar-refractivity contribution in [3.63, 3.8) is 0 Å². The summed E-state index contributed by atoms with van der Waals surface area (Å²) in [6.45, 7) is 0.360. The number of hydrogen-bond donors (Lipinski definition) is 1. The van der Waals surface area contributed by atoms with Crippen LogP contribution in [0.3, 0.4) is 0 Å². The van der Waals surface area contributed by atoms with Gasteiger partial charge in [-0.3, -0.25) is 4.79 Å². The van der Waals surface area contributed by atoms with Crippen LogP contribution in [0.5, 0.6) is 0 Å². The third-order valence-corrected chi connectivity index (χ3v) is 8.61. The average molecular weight is 576 g/mol. The lowest BCUT2D eigenvalue weighted by Gasteiger charge is -2.48. The van der Waals surface area contributed by atoms with Gasteiger partial charge in [0.1, 0.15) is 12.2 Å². The zero-order chi connectivity index (χ0) is 29.2. The van der Waals surface area contributed by atoms with Gasteiger partial charge in [0.25, 0.3) is 5.91 Å². The average Bonchev–Trinajstić information content (AvgIpc) is 3.43. The number of nitrogens with one attached hydrogen (secondary N) is 1. The summed E-state index contributed by atoms with van der Waals surface area (Å²) < 4.78 is 78.0. The smallest absolute Gasteiger partial charge is 0.383 e. The van der Waals surface area contributed by atoms with Crippen LogP contribution in [0.1, 0.15) is 64.1 Å². The number of carbonyl (C=O) groups excluding carboxylic acids is 1. The van der Waals surface area contributed by atoms with E-state index in [0.717, 1.165) is 18.9 Å². The standard InChI is InChI=1S/C29H30F5N5O2/c1-38-17-36-37-24(38)11-26(14-28(30,31)15-26)19-4-3-5-20(10-19)39-13-22-21(25(39)40)8-18(9-23(22)29(32,33)34)12-35-27(6-7-27)16-41-2/h3-5,8-10,17,35H,6-7,11-16H2,1-2H3. The van der Waals surface area contributed by atoms with Gasteiger partial charge in [-0.2, -0.15) is 13.2 Å². The Labute approximate surface area is 233 Å². The zero-order valence-electron chi connectivity index (χ0n) is 22.7. The first-order valence-electron chi connectivity index (χ1n) is 13.4. The van der Waals surface area contributed by atoms with Gasteiger partial charge in [0.15, 0.2) is 0 Å². The van der Waals surface area contributed by atoms with Crippen molar-refractivity contribution in [2.75, 3.05) is 18.6 Å². The minimum Gasteiger partial charge on any atom is -0.383 e. The fraction of sp³-hybridized carbons (Fsp3) is 0.483. The number of ether oxygens (including phenoxy) is 1. The monoisotopic (exact) mass is 575 g/mol. The third-order valence-electron chi connectivity index (χ3n) is 8.61. The summed E-state index contributed by atoms with van der Waals surface area (Å²) >= 11 is 0. The molecule has 0 spiro atoms. The molecule has 1 aliphatic heterocycles. The van der Waals surface area contributed by atoms with Gasteiger partial charge >= 0.3 is 6.18 Å². The number of hydrogen-bond acceptors (Lipinski definition) is 5. The minimum absolute atomic E-state index is 0.00240. The van der Waals surface area contributed by atoms with Crippen LogP contribution in [0.4, 0.5) is 27.6 Å². The normalized spacial score (nSPS) is 20.2. The fourth-order valence-corrected chi connectivity index (χ4v) is 6.26. The molecular weight excluding hydrogens is 545 g/mol. The molecule has 1 aromatic heterocycles. The number of carbonyl (C=O) groups is 1. The number of amides is 1. The van der Waals surface area contributed by atoms with E-state index in [0.29, 0.717) is 29.2 Å². The van der Waals surface area contributed by atoms with Crippen molar-refractivity contribution in [1.29, 1.82) is 0 Å². The number of anilines is 1. The van der Waals surface area contributed by atoms with Crippen LogP contribution in [-0.4, -0.2) is 45.8 Å². The van der Waals surface area contributed by atoms with E-state index in [1.165, 1.54) is 17.3 Å². The Morgan fingerprint density at radius 1 is 1.12 bits per heavy atom. The molecule has 12 heteroatoms. The Morgan fingerprint density at radius 3 is 2.49 bits per heavy atom. The van der Waals surface area contributed by atoms with Gasteiger partial charge in [-0.25, -0.2) is 8.78 Å². The van der Waals surface area contributed by atoms with E-state index < -0.39 is 41.8 Å². The number of aryl methyl sites for hydroxylation is 1. The van der Waals surface area contributed by atoms with E-state index in [2.05, 4.69) is 15.5 Å². The summed E-state index contributed by atoms with van der Waals surface area (Å²) in [6, 6.07) is 9.27. The Kier molecular flexibility index (Phi) is 6.49. The van der Waals surface area contributed by atoms with E-state index >= 15 is 0 Å². The first-order chi connectivity index (χ1) is 19.3. The van der Waals surface area contributed by atoms with Gasteiger partial charge in [-0.05, 0) is 53.8 Å². The first-order valence-corrected chi connectivity index (χ1v) is 13.4. The predicted octanol–water partition coefficient (Wildman–Crippen LogP) is 5.17. The quantitative estimate of drug-likeness (QED) is 0.357. The predicted molar refractivity (Wildman–Crippen MR) is 140 cm³/mol. The first kappa shape index (κ1) is 27.8. The van der Waals surface area contributed by atoms with Gasteiger partial charge in [-0.15, -0.1) is 10.2 Å². The molecule has 2 heterocycles. The van der Waals surface area contributed by atoms with Crippen LogP contribution >= 0.6 is 0 Å². The van der Waals surface area contributed by atoms with E-state index in [4.69, 9.17) is 4.74 Å². The number of alkyl halides is 5. The van der Waals surface area contributed by atoms with Crippen molar-refractivity contribution in [2.45, 2.75) is 68.2 Å². The lowest BCUT2D eigenvalue weighted by Crippen LogP contribution is -2.51. The number of methoxy groups -OCH3 is 1. The summed E-state index contributed by atoms with van der Waals surface area (Å²) in [6.07, 6.45) is -2.00. The summed E-state index contributed by atoms with van der Waals surface area (Å²) in [5.41, 5.74) is -0.798. The third kappa shape index (κ3) is 5.12. The van der Waals surface area contributed by atoms with Crippen LogP contribution < -0.4 is 10.2 Å². The molecule has 3 aliphatic rings. The number of halogens is 5. The molecule has 41 heavy (non-hydrogen) atoms. The van der Waals surface area contributed by atoms with E-state index in [-0.39, 0.29) is 36.2 Å². The summed E-state index contributed by atoms with van der Waals surface area (Å²) in [5.74, 6) is -2.85. The molecule has 2 saturated carbocycles. The Bertz CT molecular complexity index is 1490. The summed E-state index contributed by atoms with van der Waals surface area (Å²) in [7, 11) is 3.32. The highest BCUT2D eigenvalue weighted by Gasteiger charge is 2.57. The second-order valence-corrected chi connectivity index (χ2v) is 11.7. The van der Waals surface area contributed by atoms with Crippen molar-refractivity contribution in [3.8, 4) is 0 Å². The van der Waals surface area contributed by atoms with Gasteiger partial charge in [0.05, 0.1) is 18.7 Å². The maximum atomic E-state index is 14.2. The number of aromatic nitrogens is 3. The van der Waals surface area contributed by atoms with Crippen molar-refractivity contribution < 1.29 is 31.5 Å². The highest BCUT2D eigenvalue weighted by Crippen LogP contribution is 2.55. The van der Waals surface area contributed by atoms with Crippen molar-refractivity contribution >= 4 is 11.6 Å². The second-order valence-electron chi connectivity index (χ2n) is 11.7. The molecule has 1 amide bonds. The molecule has 2 fully saturated rings. The summed E-state index contributed by atoms with van der Waals surface area (Å²) in [5, 5.41) is 11.2. The number of rotatable bonds is 9. The minimum atomic E-state index is -4.65. The van der Waals surface area contributed by atoms with Crippen LogP contribution in [0.25, 0.3) is 0 Å². The molecular formula is C29H30F5N5O2. The molecule has 0 radical (unpaired) electrons. The van der Waals surface area contributed by atoms with Gasteiger partial charge in [0.2, 0.25) is 5.92 Å². The van der Waals surface area contributed by atoms with Gasteiger partial charge < -0.3 is 19.5 Å². The highest BCUT2D eigenvalue weighted by atomic mass is 19.4. The number of fused-ring (bicyclic) bond motifs is 1. The largest absolute Gasteiger partial charge is 0.416 e. The maximum absolute atomic E-state index is 14.2. The fourth-order valence-electron chi connectivity index (χ4n) is 6.26. The Balaban J connectivity index is 1.31. The van der Waals surface area contributed by atoms with Gasteiger partial charge in [0, 0.05) is 62.2 Å². The van der Waals surface area contributed by atoms with Gasteiger partial charge in [-0.1, -0.05) is 12.1 Å². The Morgan fingerprint density at radius 2 is 1.88 bits per heavy atom. The topological polar surface area (TPSA) is 72.3 Å². The Hall–Kier alpha value is -3.38. The molecule has 0 saturated heterocycles. The van der Waals surface area contributed by atoms with Crippen molar-refractivity contribution in [2.24, 2.45) is 7.05 Å². The lowest BCUT2D eigenvalue weighted by atomic mass is 9.60. The molecule has 0 bridgehead atoms. The lowest BCUT2D eigenvalue weighted by molar-refractivity contribution is -0.138. The molecule has 6 rings (SSSR count). The number of benzene rings is 2. The van der Waals surface area contributed by atoms with E-state index in [9.17, 15) is 26.7 Å². The molecule has 2 aliphatic carbocycles. The van der Waals surface area contributed by atoms with Crippen LogP contribution in [-0.2, 0) is 42.9 Å². The molecule has 7 nitrogen and oxygen atoms in total. The molecule has 2 aromatic carbocycles. The number of nitrogens with zero attached hydrogens (tertiary/aromatic N) is 4. The molecule has 0 atom stereocenters. The van der Waals surface area contributed by atoms with Crippen molar-refractivity contribution in [3.05, 3.63) is 76.4 Å². The maximum Gasteiger partial charge on any atom is 0.416 e. The summed E-state index contributed by atoms with van der Waals surface area (Å²) in [4.78, 5) is 14.9. The van der Waals surface area contributed by atoms with E-state index in [1.54, 1.807) is 43.0 Å². The second kappa shape index (κ2) is 9.59. The molecule has 0 unspecified atom stereocenters. The van der Waals surface area contributed by atoms with Crippen LogP contribution in [0.2, 0.25) is 0 Å².